The molecule has 7 heteroatoms. The van der Waals surface area contributed by atoms with Crippen LogP contribution < -0.4 is 5.32 Å². The van der Waals surface area contributed by atoms with E-state index in [9.17, 15) is 4.79 Å². The largest absolute Gasteiger partial charge is 0.376 e. The normalized spacial score (nSPS) is 15.0. The van der Waals surface area contributed by atoms with Gasteiger partial charge in [0.2, 0.25) is 5.91 Å². The maximum Gasteiger partial charge on any atom is 0.241 e. The number of hydrogen-bond acceptors (Lipinski definition) is 5. The molecule has 1 fully saturated rings. The highest BCUT2D eigenvalue weighted by atomic mass is 79.9. The summed E-state index contributed by atoms with van der Waals surface area (Å²) in [5.74, 6) is 0.114. The average molecular weight is 419 g/mol. The van der Waals surface area contributed by atoms with E-state index in [1.165, 1.54) is 4.88 Å². The zero-order valence-corrected chi connectivity index (χ0v) is 16.1. The number of rotatable bonds is 5. The predicted octanol–water partition coefficient (Wildman–Crippen LogP) is 3.14. The van der Waals surface area contributed by atoms with Crippen molar-refractivity contribution in [3.8, 4) is 6.07 Å². The maximum absolute atomic E-state index is 12.4. The minimum Gasteiger partial charge on any atom is -0.376 e. The van der Waals surface area contributed by atoms with Crippen LogP contribution >= 0.6 is 27.3 Å². The van der Waals surface area contributed by atoms with Gasteiger partial charge in [-0.25, -0.2) is 0 Å². The van der Waals surface area contributed by atoms with Crippen LogP contribution in [0.1, 0.15) is 10.4 Å². The summed E-state index contributed by atoms with van der Waals surface area (Å²) in [6, 6.07) is 13.4. The third-order valence-electron chi connectivity index (χ3n) is 4.19. The van der Waals surface area contributed by atoms with Crippen molar-refractivity contribution in [3.05, 3.63) is 50.6 Å². The molecule has 1 aliphatic rings. The van der Waals surface area contributed by atoms with E-state index >= 15 is 0 Å². The van der Waals surface area contributed by atoms with Crippen molar-refractivity contribution in [1.29, 1.82) is 5.26 Å². The van der Waals surface area contributed by atoms with Crippen LogP contribution in [0.15, 0.2) is 40.2 Å². The van der Waals surface area contributed by atoms with Gasteiger partial charge in [-0.2, -0.15) is 5.26 Å². The second-order valence-electron chi connectivity index (χ2n) is 5.91. The van der Waals surface area contributed by atoms with E-state index in [0.717, 1.165) is 42.2 Å². The number of nitrogens with one attached hydrogen (secondary N) is 1. The summed E-state index contributed by atoms with van der Waals surface area (Å²) < 4.78 is 1.16. The molecule has 0 saturated carbocycles. The molecule has 0 atom stereocenters. The molecular weight excluding hydrogens is 400 g/mol. The molecule has 1 aliphatic heterocycles. The van der Waals surface area contributed by atoms with Crippen molar-refractivity contribution in [2.75, 3.05) is 38.0 Å². The van der Waals surface area contributed by atoms with Gasteiger partial charge in [-0.15, -0.1) is 11.3 Å². The predicted molar refractivity (Wildman–Crippen MR) is 104 cm³/mol. The van der Waals surface area contributed by atoms with Crippen molar-refractivity contribution in [3.63, 3.8) is 0 Å². The number of hydrogen-bond donors (Lipinski definition) is 1. The van der Waals surface area contributed by atoms with Crippen LogP contribution in [0, 0.1) is 11.3 Å². The molecule has 3 rings (SSSR count). The molecule has 2 aromatic rings. The van der Waals surface area contributed by atoms with E-state index in [1.807, 2.05) is 17.0 Å². The Balaban J connectivity index is 1.42. The Kier molecular flexibility index (Phi) is 6.08. The van der Waals surface area contributed by atoms with Gasteiger partial charge in [-0.05, 0) is 52.3 Å². The molecule has 25 heavy (non-hydrogen) atoms. The van der Waals surface area contributed by atoms with Crippen LogP contribution in [-0.2, 0) is 11.3 Å². The van der Waals surface area contributed by atoms with Gasteiger partial charge in [0.25, 0.3) is 0 Å². The number of carbonyl (C=O) groups excluding carboxylic acids is 1. The molecule has 0 radical (unpaired) electrons. The number of halogens is 1. The van der Waals surface area contributed by atoms with Crippen molar-refractivity contribution in [2.24, 2.45) is 0 Å². The van der Waals surface area contributed by atoms with Gasteiger partial charge < -0.3 is 10.2 Å². The Morgan fingerprint density at radius 1 is 1.16 bits per heavy atom. The summed E-state index contributed by atoms with van der Waals surface area (Å²) in [6.45, 7) is 4.56. The van der Waals surface area contributed by atoms with E-state index in [4.69, 9.17) is 5.26 Å². The van der Waals surface area contributed by atoms with Crippen molar-refractivity contribution < 1.29 is 4.79 Å². The summed E-state index contributed by atoms with van der Waals surface area (Å²) in [4.78, 5) is 18.0. The highest BCUT2D eigenvalue weighted by Crippen LogP contribution is 2.23. The first kappa shape index (κ1) is 17.9. The van der Waals surface area contributed by atoms with Crippen LogP contribution in [0.2, 0.25) is 0 Å². The van der Waals surface area contributed by atoms with E-state index < -0.39 is 0 Å². The zero-order valence-electron chi connectivity index (χ0n) is 13.7. The number of thiophene rings is 1. The van der Waals surface area contributed by atoms with Gasteiger partial charge in [-0.1, -0.05) is 0 Å². The fourth-order valence-electron chi connectivity index (χ4n) is 2.76. The van der Waals surface area contributed by atoms with Gasteiger partial charge in [0.15, 0.2) is 0 Å². The Labute approximate surface area is 160 Å². The first-order valence-corrected chi connectivity index (χ1v) is 9.73. The minimum atomic E-state index is 0.114. The van der Waals surface area contributed by atoms with E-state index in [-0.39, 0.29) is 12.5 Å². The lowest BCUT2D eigenvalue weighted by Crippen LogP contribution is -2.49. The first-order chi connectivity index (χ1) is 12.1. The Bertz CT molecular complexity index is 760. The lowest BCUT2D eigenvalue weighted by Gasteiger charge is -2.34. The summed E-state index contributed by atoms with van der Waals surface area (Å²) >= 11 is 5.26. The second kappa shape index (κ2) is 8.48. The molecule has 1 aromatic heterocycles. The third-order valence-corrected chi connectivity index (χ3v) is 5.80. The molecule has 1 N–H and O–H groups in total. The standard InChI is InChI=1S/C18H19BrN4OS/c19-17-6-5-16(25-17)13-22-7-9-23(10-8-22)18(24)12-21-15-3-1-14(11-20)2-4-15/h1-6,21H,7-10,12-13H2. The summed E-state index contributed by atoms with van der Waals surface area (Å²) in [5.41, 5.74) is 1.47. The summed E-state index contributed by atoms with van der Waals surface area (Å²) in [5, 5.41) is 11.9. The van der Waals surface area contributed by atoms with Gasteiger partial charge in [0.05, 0.1) is 22.0 Å². The van der Waals surface area contributed by atoms with E-state index in [2.05, 4.69) is 44.3 Å². The maximum atomic E-state index is 12.4. The SMILES string of the molecule is N#Cc1ccc(NCC(=O)N2CCN(Cc3ccc(Br)s3)CC2)cc1. The van der Waals surface area contributed by atoms with E-state index in [0.29, 0.717) is 5.56 Å². The van der Waals surface area contributed by atoms with Crippen LogP contribution in [-0.4, -0.2) is 48.4 Å². The second-order valence-corrected chi connectivity index (χ2v) is 8.45. The van der Waals surface area contributed by atoms with Gasteiger partial charge >= 0.3 is 0 Å². The smallest absolute Gasteiger partial charge is 0.241 e. The number of nitrogens with zero attached hydrogens (tertiary/aromatic N) is 3. The lowest BCUT2D eigenvalue weighted by molar-refractivity contribution is -0.131. The molecule has 1 saturated heterocycles. The molecule has 1 aromatic carbocycles. The number of benzene rings is 1. The summed E-state index contributed by atoms with van der Waals surface area (Å²) in [7, 11) is 0. The number of piperazine rings is 1. The number of anilines is 1. The Morgan fingerprint density at radius 3 is 2.48 bits per heavy atom. The van der Waals surface area contributed by atoms with Crippen molar-refractivity contribution in [2.45, 2.75) is 6.54 Å². The minimum absolute atomic E-state index is 0.114. The van der Waals surface area contributed by atoms with Crippen LogP contribution in [0.25, 0.3) is 0 Å². The third kappa shape index (κ3) is 5.05. The Hall–Kier alpha value is -1.88. The van der Waals surface area contributed by atoms with Gasteiger partial charge in [0.1, 0.15) is 0 Å². The fourth-order valence-corrected chi connectivity index (χ4v) is 4.29. The average Bonchev–Trinajstić information content (AvgIpc) is 3.05. The number of carbonyl (C=O) groups is 1. The lowest BCUT2D eigenvalue weighted by atomic mass is 10.2. The van der Waals surface area contributed by atoms with Crippen molar-refractivity contribution in [1.82, 2.24) is 9.80 Å². The van der Waals surface area contributed by atoms with Crippen LogP contribution in [0.4, 0.5) is 5.69 Å². The van der Waals surface area contributed by atoms with Gasteiger partial charge in [0, 0.05) is 43.3 Å². The molecule has 0 spiro atoms. The number of nitriles is 1. The van der Waals surface area contributed by atoms with Gasteiger partial charge in [-0.3, -0.25) is 9.69 Å². The first-order valence-electron chi connectivity index (χ1n) is 8.12. The molecule has 130 valence electrons. The summed E-state index contributed by atoms with van der Waals surface area (Å²) in [6.07, 6.45) is 0. The highest BCUT2D eigenvalue weighted by molar-refractivity contribution is 9.11. The molecular formula is C18H19BrN4OS. The van der Waals surface area contributed by atoms with Crippen LogP contribution in [0.5, 0.6) is 0 Å². The quantitative estimate of drug-likeness (QED) is 0.809. The van der Waals surface area contributed by atoms with Crippen LogP contribution in [0.3, 0.4) is 0 Å². The zero-order chi connectivity index (χ0) is 17.6. The molecule has 2 heterocycles. The molecule has 1 amide bonds. The highest BCUT2D eigenvalue weighted by Gasteiger charge is 2.21. The molecule has 0 unspecified atom stereocenters. The molecule has 5 nitrogen and oxygen atoms in total. The monoisotopic (exact) mass is 418 g/mol. The molecule has 0 bridgehead atoms. The van der Waals surface area contributed by atoms with Crippen molar-refractivity contribution >= 4 is 38.9 Å². The fraction of sp³-hybridized carbons (Fsp3) is 0.333. The Morgan fingerprint density at radius 2 is 1.88 bits per heavy atom. The number of amides is 1. The van der Waals surface area contributed by atoms with E-state index in [1.54, 1.807) is 23.5 Å². The molecule has 0 aliphatic carbocycles. The topological polar surface area (TPSA) is 59.4 Å².